The van der Waals surface area contributed by atoms with Gasteiger partial charge in [-0.3, -0.25) is 0 Å². The van der Waals surface area contributed by atoms with Crippen molar-refractivity contribution >= 4 is 45.3 Å². The lowest BCUT2D eigenvalue weighted by Crippen LogP contribution is -2.47. The molecule has 0 radical (unpaired) electrons. The molecule has 7 nitrogen and oxygen atoms in total. The van der Waals surface area contributed by atoms with Crippen LogP contribution in [0.15, 0.2) is 48.5 Å². The standard InChI is InChI=1S/C34H56N2O5S4/c1-3-5-7-9-11-13-15-29-17-21-31(22-18-29)27-44(37,38)35-33(25-42)41-34(26-43)36-45(39,40)28-32-23-19-30(20-24-32)16-14-12-10-8-6-4-2/h17-24,33-36,42-43H,3-16,25-28H2,1-2H3. The second-order valence-corrected chi connectivity index (χ2v) is 16.1. The van der Waals surface area contributed by atoms with Gasteiger partial charge in [-0.2, -0.15) is 34.7 Å². The summed E-state index contributed by atoms with van der Waals surface area (Å²) in [7, 11) is -7.56. The number of ether oxygens (including phenoxy) is 1. The number of sulfonamides is 2. The van der Waals surface area contributed by atoms with Gasteiger partial charge in [0.2, 0.25) is 20.0 Å². The number of unbranched alkanes of at least 4 members (excludes halogenated alkanes) is 10. The molecule has 0 spiro atoms. The Kier molecular flexibility index (Phi) is 20.0. The highest BCUT2D eigenvalue weighted by molar-refractivity contribution is 7.89. The van der Waals surface area contributed by atoms with Crippen LogP contribution in [0.1, 0.15) is 113 Å². The predicted octanol–water partition coefficient (Wildman–Crippen LogP) is 7.56. The molecular formula is C34H56N2O5S4. The van der Waals surface area contributed by atoms with Crippen LogP contribution in [0.4, 0.5) is 0 Å². The van der Waals surface area contributed by atoms with Crippen LogP contribution in [0.3, 0.4) is 0 Å². The van der Waals surface area contributed by atoms with E-state index in [1.807, 2.05) is 48.5 Å². The summed E-state index contributed by atoms with van der Waals surface area (Å²) in [4.78, 5) is 0. The van der Waals surface area contributed by atoms with Crippen molar-refractivity contribution < 1.29 is 21.6 Å². The third-order valence-corrected chi connectivity index (χ3v) is 11.0. The monoisotopic (exact) mass is 700 g/mol. The van der Waals surface area contributed by atoms with Gasteiger partial charge in [-0.05, 0) is 47.9 Å². The van der Waals surface area contributed by atoms with Crippen molar-refractivity contribution in [3.05, 3.63) is 70.8 Å². The van der Waals surface area contributed by atoms with Crippen LogP contribution in [0.5, 0.6) is 0 Å². The molecule has 0 aliphatic rings. The van der Waals surface area contributed by atoms with E-state index in [1.54, 1.807) is 0 Å². The van der Waals surface area contributed by atoms with Crippen LogP contribution in [0.25, 0.3) is 0 Å². The number of nitrogens with one attached hydrogen (secondary N) is 2. The fourth-order valence-corrected chi connectivity index (χ4v) is 8.27. The zero-order chi connectivity index (χ0) is 33.0. The molecule has 2 rings (SSSR count). The molecule has 0 aliphatic heterocycles. The number of hydrogen-bond acceptors (Lipinski definition) is 7. The summed E-state index contributed by atoms with van der Waals surface area (Å²) in [5.74, 6) is -0.404. The van der Waals surface area contributed by atoms with Crippen molar-refractivity contribution in [1.29, 1.82) is 0 Å². The highest BCUT2D eigenvalue weighted by atomic mass is 32.2. The number of rotatable bonds is 26. The minimum Gasteiger partial charge on any atom is -0.342 e. The van der Waals surface area contributed by atoms with Gasteiger partial charge in [-0.1, -0.05) is 127 Å². The van der Waals surface area contributed by atoms with E-state index in [1.165, 1.54) is 75.3 Å². The van der Waals surface area contributed by atoms with E-state index < -0.39 is 32.5 Å². The van der Waals surface area contributed by atoms with Gasteiger partial charge in [0, 0.05) is 11.5 Å². The first-order valence-electron chi connectivity index (χ1n) is 16.6. The SMILES string of the molecule is CCCCCCCCc1ccc(CS(=O)(=O)NC(CS)OC(CS)NS(=O)(=O)Cc2ccc(CCCCCCCC)cc2)cc1. The molecule has 2 N–H and O–H groups in total. The Hall–Kier alpha value is -1.08. The van der Waals surface area contributed by atoms with E-state index in [0.29, 0.717) is 11.1 Å². The molecule has 2 unspecified atom stereocenters. The van der Waals surface area contributed by atoms with E-state index in [-0.39, 0.29) is 23.0 Å². The number of aryl methyl sites for hydroxylation is 2. The summed E-state index contributed by atoms with van der Waals surface area (Å²) in [5, 5.41) is 0. The Morgan fingerprint density at radius 2 is 0.844 bits per heavy atom. The molecular weight excluding hydrogens is 645 g/mol. The minimum atomic E-state index is -3.78. The summed E-state index contributed by atoms with van der Waals surface area (Å²) in [6.07, 6.45) is 14.7. The summed E-state index contributed by atoms with van der Waals surface area (Å²) in [6, 6.07) is 15.3. The molecule has 0 aliphatic carbocycles. The molecule has 0 saturated carbocycles. The Bertz CT molecular complexity index is 1170. The van der Waals surface area contributed by atoms with Gasteiger partial charge in [-0.15, -0.1) is 0 Å². The van der Waals surface area contributed by atoms with Crippen LogP contribution in [0, 0.1) is 0 Å². The molecule has 2 aromatic carbocycles. The topological polar surface area (TPSA) is 102 Å². The van der Waals surface area contributed by atoms with Gasteiger partial charge < -0.3 is 4.74 Å². The first kappa shape index (κ1) is 40.1. The molecule has 0 saturated heterocycles. The van der Waals surface area contributed by atoms with Gasteiger partial charge in [0.1, 0.15) is 12.5 Å². The second kappa shape index (κ2) is 22.5. The smallest absolute Gasteiger partial charge is 0.217 e. The van der Waals surface area contributed by atoms with Crippen LogP contribution in [0.2, 0.25) is 0 Å². The summed E-state index contributed by atoms with van der Waals surface area (Å²) >= 11 is 8.46. The summed E-state index contributed by atoms with van der Waals surface area (Å²) < 4.78 is 62.4. The van der Waals surface area contributed by atoms with E-state index in [4.69, 9.17) is 4.74 Å². The zero-order valence-electron chi connectivity index (χ0n) is 27.3. The maximum atomic E-state index is 12.9. The van der Waals surface area contributed by atoms with E-state index in [0.717, 1.165) is 25.7 Å². The molecule has 0 heterocycles. The maximum absolute atomic E-state index is 12.9. The van der Waals surface area contributed by atoms with Gasteiger partial charge in [-0.25, -0.2) is 16.8 Å². The lowest BCUT2D eigenvalue weighted by molar-refractivity contribution is 0.00284. The number of thiol groups is 2. The Morgan fingerprint density at radius 3 is 1.18 bits per heavy atom. The lowest BCUT2D eigenvalue weighted by atomic mass is 10.0. The highest BCUT2D eigenvalue weighted by Crippen LogP contribution is 2.15. The molecule has 11 heteroatoms. The normalized spacial score (nSPS) is 13.6. The fourth-order valence-electron chi connectivity index (χ4n) is 5.16. The van der Waals surface area contributed by atoms with Gasteiger partial charge >= 0.3 is 0 Å². The Labute approximate surface area is 285 Å². The van der Waals surface area contributed by atoms with Crippen LogP contribution >= 0.6 is 25.3 Å². The zero-order valence-corrected chi connectivity index (χ0v) is 30.7. The van der Waals surface area contributed by atoms with Crippen LogP contribution in [-0.4, -0.2) is 40.8 Å². The molecule has 0 aromatic heterocycles. The van der Waals surface area contributed by atoms with Crippen LogP contribution in [-0.2, 0) is 49.1 Å². The molecule has 256 valence electrons. The van der Waals surface area contributed by atoms with Crippen molar-refractivity contribution in [2.24, 2.45) is 0 Å². The molecule has 0 fully saturated rings. The third kappa shape index (κ3) is 18.2. The Morgan fingerprint density at radius 1 is 0.533 bits per heavy atom. The minimum absolute atomic E-state index is 0.0164. The van der Waals surface area contributed by atoms with E-state index >= 15 is 0 Å². The van der Waals surface area contributed by atoms with E-state index in [2.05, 4.69) is 48.5 Å². The number of benzene rings is 2. The molecule has 2 atom stereocenters. The van der Waals surface area contributed by atoms with Gasteiger partial charge in [0.15, 0.2) is 0 Å². The summed E-state index contributed by atoms with van der Waals surface area (Å²) in [6.45, 7) is 4.43. The lowest BCUT2D eigenvalue weighted by Gasteiger charge is -2.24. The van der Waals surface area contributed by atoms with Crippen molar-refractivity contribution in [3.8, 4) is 0 Å². The first-order valence-corrected chi connectivity index (χ1v) is 21.2. The van der Waals surface area contributed by atoms with Crippen molar-refractivity contribution in [2.75, 3.05) is 11.5 Å². The predicted molar refractivity (Wildman–Crippen MR) is 195 cm³/mol. The number of hydrogen-bond donors (Lipinski definition) is 4. The average molecular weight is 701 g/mol. The molecule has 2 aromatic rings. The maximum Gasteiger partial charge on any atom is 0.217 e. The fraction of sp³-hybridized carbons (Fsp3) is 0.647. The molecule has 0 amide bonds. The first-order chi connectivity index (χ1) is 21.6. The van der Waals surface area contributed by atoms with Crippen molar-refractivity contribution in [3.63, 3.8) is 0 Å². The van der Waals surface area contributed by atoms with E-state index in [9.17, 15) is 16.8 Å². The summed E-state index contributed by atoms with van der Waals surface area (Å²) in [5.41, 5.74) is 3.72. The second-order valence-electron chi connectivity index (χ2n) is 11.9. The van der Waals surface area contributed by atoms with Crippen LogP contribution < -0.4 is 9.44 Å². The average Bonchev–Trinajstić information content (AvgIpc) is 3.01. The largest absolute Gasteiger partial charge is 0.342 e. The van der Waals surface area contributed by atoms with Crippen molar-refractivity contribution in [1.82, 2.24) is 9.44 Å². The van der Waals surface area contributed by atoms with Gasteiger partial charge in [0.25, 0.3) is 0 Å². The quantitative estimate of drug-likeness (QED) is 0.0461. The van der Waals surface area contributed by atoms with Crippen molar-refractivity contribution in [2.45, 2.75) is 128 Å². The third-order valence-electron chi connectivity index (χ3n) is 7.68. The van der Waals surface area contributed by atoms with Gasteiger partial charge in [0.05, 0.1) is 11.5 Å². The molecule has 0 bridgehead atoms. The molecule has 45 heavy (non-hydrogen) atoms. The Balaban J connectivity index is 1.82. The highest BCUT2D eigenvalue weighted by Gasteiger charge is 2.24.